The van der Waals surface area contributed by atoms with Gasteiger partial charge in [0.25, 0.3) is 0 Å². The Kier molecular flexibility index (Phi) is 5.88. The third kappa shape index (κ3) is 5.36. The molecule has 0 saturated carbocycles. The Hall–Kier alpha value is -1.32. The Morgan fingerprint density at radius 2 is 1.52 bits per heavy atom. The van der Waals surface area contributed by atoms with E-state index < -0.39 is 10.4 Å². The molecular formula is C19H20BrClO2. The Labute approximate surface area is 150 Å². The molecule has 1 atom stereocenters. The molecule has 2 aromatic rings. The summed E-state index contributed by atoms with van der Waals surface area (Å²) in [6, 6.07) is 15.6. The monoisotopic (exact) mass is 394 g/mol. The van der Waals surface area contributed by atoms with Gasteiger partial charge in [-0.3, -0.25) is 4.79 Å². The van der Waals surface area contributed by atoms with E-state index >= 15 is 0 Å². The second-order valence-electron chi connectivity index (χ2n) is 6.50. The average Bonchev–Trinajstić information content (AvgIpc) is 2.50. The normalized spacial score (nSPS) is 12.7. The summed E-state index contributed by atoms with van der Waals surface area (Å²) >= 11 is 9.20. The van der Waals surface area contributed by atoms with Crippen LogP contribution < -0.4 is 4.74 Å². The number of carbonyl (C=O) groups excluding carboxylic acids is 1. The Balaban J connectivity index is 1.99. The highest BCUT2D eigenvalue weighted by Crippen LogP contribution is 2.24. The molecule has 2 nitrogen and oxygen atoms in total. The minimum absolute atomic E-state index is 0.0164. The van der Waals surface area contributed by atoms with Crippen molar-refractivity contribution in [2.24, 2.45) is 5.41 Å². The number of halogens is 2. The zero-order valence-corrected chi connectivity index (χ0v) is 15.8. The maximum atomic E-state index is 12.1. The van der Waals surface area contributed by atoms with Gasteiger partial charge in [0.15, 0.2) is 5.78 Å². The van der Waals surface area contributed by atoms with Crippen molar-refractivity contribution in [2.75, 3.05) is 0 Å². The number of benzene rings is 2. The van der Waals surface area contributed by atoms with E-state index in [4.69, 9.17) is 16.3 Å². The predicted molar refractivity (Wildman–Crippen MR) is 98.5 cm³/mol. The molecule has 0 aliphatic carbocycles. The van der Waals surface area contributed by atoms with E-state index in [-0.39, 0.29) is 5.78 Å². The van der Waals surface area contributed by atoms with Crippen molar-refractivity contribution < 1.29 is 9.53 Å². The fraction of sp³-hybridized carbons (Fsp3) is 0.316. The van der Waals surface area contributed by atoms with Gasteiger partial charge in [0, 0.05) is 10.4 Å². The van der Waals surface area contributed by atoms with Gasteiger partial charge >= 0.3 is 0 Å². The molecule has 0 heterocycles. The van der Waals surface area contributed by atoms with E-state index in [0.29, 0.717) is 5.75 Å². The largest absolute Gasteiger partial charge is 0.471 e. The lowest BCUT2D eigenvalue weighted by molar-refractivity contribution is -0.129. The molecular weight excluding hydrogens is 376 g/mol. The summed E-state index contributed by atoms with van der Waals surface area (Å²) < 4.78 is 5.67. The number of carbonyl (C=O) groups is 1. The zero-order valence-electron chi connectivity index (χ0n) is 13.5. The SMILES string of the molecule is CC(C)(C)C(=O)C(Br)Oc1ccc(Cc2ccc(Cl)cc2)cc1. The van der Waals surface area contributed by atoms with Crippen molar-refractivity contribution in [3.63, 3.8) is 0 Å². The van der Waals surface area contributed by atoms with Crippen LogP contribution in [-0.4, -0.2) is 10.8 Å². The zero-order chi connectivity index (χ0) is 17.0. The van der Waals surface area contributed by atoms with Crippen molar-refractivity contribution in [1.29, 1.82) is 0 Å². The minimum atomic E-state index is -0.635. The molecule has 0 aliphatic heterocycles. The molecule has 0 bridgehead atoms. The van der Waals surface area contributed by atoms with Crippen LogP contribution in [0.1, 0.15) is 31.9 Å². The van der Waals surface area contributed by atoms with Gasteiger partial charge in [0.05, 0.1) is 0 Å². The highest BCUT2D eigenvalue weighted by Gasteiger charge is 2.29. The fourth-order valence-electron chi connectivity index (χ4n) is 2.04. The second-order valence-corrected chi connectivity index (χ2v) is 7.76. The van der Waals surface area contributed by atoms with Crippen molar-refractivity contribution in [1.82, 2.24) is 0 Å². The van der Waals surface area contributed by atoms with Crippen molar-refractivity contribution in [2.45, 2.75) is 32.2 Å². The summed E-state index contributed by atoms with van der Waals surface area (Å²) in [6.45, 7) is 5.63. The number of Topliss-reactive ketones (excluding diaryl/α,β-unsaturated/α-hetero) is 1. The first-order valence-corrected chi connectivity index (χ1v) is 8.73. The number of hydrogen-bond acceptors (Lipinski definition) is 2. The molecule has 0 fully saturated rings. The van der Waals surface area contributed by atoms with Gasteiger partial charge in [0.2, 0.25) is 5.01 Å². The van der Waals surface area contributed by atoms with Gasteiger partial charge in [-0.15, -0.1) is 0 Å². The summed E-state index contributed by atoms with van der Waals surface area (Å²) in [7, 11) is 0. The molecule has 2 rings (SSSR count). The topological polar surface area (TPSA) is 26.3 Å². The van der Waals surface area contributed by atoms with Gasteiger partial charge in [0.1, 0.15) is 5.75 Å². The van der Waals surface area contributed by atoms with Crippen LogP contribution in [0.4, 0.5) is 0 Å². The van der Waals surface area contributed by atoms with E-state index in [9.17, 15) is 4.79 Å². The first-order chi connectivity index (χ1) is 10.8. The van der Waals surface area contributed by atoms with E-state index in [0.717, 1.165) is 11.4 Å². The molecule has 1 unspecified atom stereocenters. The summed E-state index contributed by atoms with van der Waals surface area (Å²) in [5.74, 6) is 0.687. The summed E-state index contributed by atoms with van der Waals surface area (Å²) in [6.07, 6.45) is 0.829. The Morgan fingerprint density at radius 1 is 1.04 bits per heavy atom. The van der Waals surface area contributed by atoms with Crippen molar-refractivity contribution >= 4 is 33.3 Å². The van der Waals surface area contributed by atoms with Crippen molar-refractivity contribution in [3.8, 4) is 5.75 Å². The van der Waals surface area contributed by atoms with Crippen LogP contribution in [0.2, 0.25) is 5.02 Å². The number of ether oxygens (including phenoxy) is 1. The molecule has 122 valence electrons. The number of alkyl halides is 1. The number of ketones is 1. The molecule has 0 aromatic heterocycles. The Bertz CT molecular complexity index is 657. The quantitative estimate of drug-likeness (QED) is 0.612. The highest BCUT2D eigenvalue weighted by atomic mass is 79.9. The molecule has 2 aromatic carbocycles. The molecule has 0 aliphatic rings. The van der Waals surface area contributed by atoms with Gasteiger partial charge in [-0.1, -0.05) is 56.6 Å². The Morgan fingerprint density at radius 3 is 2.00 bits per heavy atom. The van der Waals surface area contributed by atoms with Crippen LogP contribution in [0, 0.1) is 5.41 Å². The summed E-state index contributed by atoms with van der Waals surface area (Å²) in [5, 5.41) is 0.106. The third-order valence-corrected chi connectivity index (χ3v) is 4.28. The summed E-state index contributed by atoms with van der Waals surface area (Å²) in [4.78, 5) is 12.1. The maximum absolute atomic E-state index is 12.1. The van der Waals surface area contributed by atoms with E-state index in [1.807, 2.05) is 69.3 Å². The molecule has 0 amide bonds. The third-order valence-electron chi connectivity index (χ3n) is 3.43. The molecule has 0 N–H and O–H groups in total. The van der Waals surface area contributed by atoms with Crippen LogP contribution in [-0.2, 0) is 11.2 Å². The van der Waals surface area contributed by atoms with E-state index in [1.165, 1.54) is 11.1 Å². The van der Waals surface area contributed by atoms with Crippen LogP contribution in [0.3, 0.4) is 0 Å². The second kappa shape index (κ2) is 7.50. The summed E-state index contributed by atoms with van der Waals surface area (Å²) in [5.41, 5.74) is 1.93. The lowest BCUT2D eigenvalue weighted by atomic mass is 9.91. The first kappa shape index (κ1) is 18.0. The first-order valence-electron chi connectivity index (χ1n) is 7.44. The van der Waals surface area contributed by atoms with Gasteiger partial charge in [-0.25, -0.2) is 0 Å². The van der Waals surface area contributed by atoms with Gasteiger partial charge < -0.3 is 4.74 Å². The number of rotatable bonds is 5. The van der Waals surface area contributed by atoms with Crippen LogP contribution in [0.15, 0.2) is 48.5 Å². The minimum Gasteiger partial charge on any atom is -0.471 e. The van der Waals surface area contributed by atoms with Gasteiger partial charge in [-0.2, -0.15) is 0 Å². The molecule has 0 spiro atoms. The van der Waals surface area contributed by atoms with Crippen LogP contribution in [0.25, 0.3) is 0 Å². The van der Waals surface area contributed by atoms with Crippen LogP contribution in [0.5, 0.6) is 5.75 Å². The maximum Gasteiger partial charge on any atom is 0.211 e. The molecule has 23 heavy (non-hydrogen) atoms. The standard InChI is InChI=1S/C19H20BrClO2/c1-19(2,3)17(22)18(20)23-16-10-6-14(7-11-16)12-13-4-8-15(21)9-5-13/h4-11,18H,12H2,1-3H3. The lowest BCUT2D eigenvalue weighted by Gasteiger charge is -2.21. The smallest absolute Gasteiger partial charge is 0.211 e. The number of hydrogen-bond donors (Lipinski definition) is 0. The van der Waals surface area contributed by atoms with E-state index in [2.05, 4.69) is 15.9 Å². The highest BCUT2D eigenvalue weighted by molar-refractivity contribution is 9.09. The fourth-order valence-corrected chi connectivity index (χ4v) is 3.07. The molecule has 0 saturated heterocycles. The lowest BCUT2D eigenvalue weighted by Crippen LogP contribution is -2.32. The molecule has 4 heteroatoms. The van der Waals surface area contributed by atoms with Crippen LogP contribution >= 0.6 is 27.5 Å². The van der Waals surface area contributed by atoms with Crippen molar-refractivity contribution in [3.05, 3.63) is 64.7 Å². The van der Waals surface area contributed by atoms with Gasteiger partial charge in [-0.05, 0) is 57.7 Å². The predicted octanol–water partition coefficient (Wildman–Crippen LogP) is 5.65. The average molecular weight is 396 g/mol. The van der Waals surface area contributed by atoms with E-state index in [1.54, 1.807) is 0 Å². The molecule has 0 radical (unpaired) electrons.